The van der Waals surface area contributed by atoms with Crippen LogP contribution in [0.5, 0.6) is 11.5 Å². The Morgan fingerprint density at radius 3 is 2.38 bits per heavy atom. The van der Waals surface area contributed by atoms with E-state index in [0.29, 0.717) is 24.6 Å². The maximum Gasteiger partial charge on any atom is 0.240 e. The fourth-order valence-corrected chi connectivity index (χ4v) is 3.39. The van der Waals surface area contributed by atoms with Crippen molar-refractivity contribution in [3.05, 3.63) is 18.2 Å². The second-order valence-electron chi connectivity index (χ2n) is 6.78. The topological polar surface area (TPSA) is 111 Å². The predicted octanol–water partition coefficient (Wildman–Crippen LogP) is 0.816. The molecule has 3 N–H and O–H groups in total. The highest BCUT2D eigenvalue weighted by atomic mass is 32.2. The zero-order valence-corrected chi connectivity index (χ0v) is 16.9. The van der Waals surface area contributed by atoms with Gasteiger partial charge in [0.05, 0.1) is 19.1 Å². The Kier molecular flexibility index (Phi) is 7.86. The number of nitrogens with two attached hydrogens (primary N) is 1. The van der Waals surface area contributed by atoms with Gasteiger partial charge in [-0.25, -0.2) is 13.1 Å². The van der Waals surface area contributed by atoms with Crippen LogP contribution in [0.3, 0.4) is 0 Å². The lowest BCUT2D eigenvalue weighted by Gasteiger charge is -2.29. The summed E-state index contributed by atoms with van der Waals surface area (Å²) in [4.78, 5) is 13.8. The molecule has 1 aromatic rings. The lowest BCUT2D eigenvalue weighted by Crippen LogP contribution is -2.40. The van der Waals surface area contributed by atoms with E-state index in [4.69, 9.17) is 15.2 Å². The SMILES string of the molecule is COc1ccc(S(=O)(=O)NCCC(=O)N(C)CC(C)(C)CN)cc1OC. The fraction of sp³-hybridized carbons (Fsp3) is 0.588. The molecule has 0 saturated heterocycles. The number of amides is 1. The van der Waals surface area contributed by atoms with Crippen molar-refractivity contribution >= 4 is 15.9 Å². The maximum atomic E-state index is 12.4. The van der Waals surface area contributed by atoms with E-state index < -0.39 is 10.0 Å². The summed E-state index contributed by atoms with van der Waals surface area (Å²) in [5, 5.41) is 0. The van der Waals surface area contributed by atoms with Crippen LogP contribution in [-0.2, 0) is 14.8 Å². The van der Waals surface area contributed by atoms with Crippen molar-refractivity contribution < 1.29 is 22.7 Å². The molecule has 0 atom stereocenters. The van der Waals surface area contributed by atoms with E-state index in [1.165, 1.54) is 32.4 Å². The van der Waals surface area contributed by atoms with Crippen LogP contribution in [-0.4, -0.2) is 60.1 Å². The zero-order chi connectivity index (χ0) is 20.0. The van der Waals surface area contributed by atoms with Gasteiger partial charge in [-0.05, 0) is 24.1 Å². The summed E-state index contributed by atoms with van der Waals surface area (Å²) in [6.07, 6.45) is 0.0592. The Morgan fingerprint density at radius 2 is 1.85 bits per heavy atom. The van der Waals surface area contributed by atoms with Crippen molar-refractivity contribution in [2.75, 3.05) is 40.9 Å². The minimum atomic E-state index is -3.76. The molecule has 1 aromatic carbocycles. The van der Waals surface area contributed by atoms with E-state index in [-0.39, 0.29) is 29.2 Å². The molecule has 0 fully saturated rings. The minimum Gasteiger partial charge on any atom is -0.493 e. The summed E-state index contributed by atoms with van der Waals surface area (Å²) in [6, 6.07) is 4.31. The first-order valence-electron chi connectivity index (χ1n) is 8.22. The quantitative estimate of drug-likeness (QED) is 0.615. The van der Waals surface area contributed by atoms with E-state index in [0.717, 1.165) is 0 Å². The highest BCUT2D eigenvalue weighted by Crippen LogP contribution is 2.29. The van der Waals surface area contributed by atoms with Crippen LogP contribution in [0.25, 0.3) is 0 Å². The fourth-order valence-electron chi connectivity index (χ4n) is 2.34. The number of hydrogen-bond donors (Lipinski definition) is 2. The first-order valence-corrected chi connectivity index (χ1v) is 9.70. The number of rotatable bonds is 10. The van der Waals surface area contributed by atoms with E-state index >= 15 is 0 Å². The predicted molar refractivity (Wildman–Crippen MR) is 99.8 cm³/mol. The number of methoxy groups -OCH3 is 2. The van der Waals surface area contributed by atoms with Gasteiger partial charge in [0, 0.05) is 32.6 Å². The van der Waals surface area contributed by atoms with Gasteiger partial charge in [-0.1, -0.05) is 13.8 Å². The molecule has 148 valence electrons. The van der Waals surface area contributed by atoms with Gasteiger partial charge in [-0.3, -0.25) is 4.79 Å². The Labute approximate surface area is 155 Å². The van der Waals surface area contributed by atoms with Crippen molar-refractivity contribution in [3.8, 4) is 11.5 Å². The highest BCUT2D eigenvalue weighted by molar-refractivity contribution is 7.89. The van der Waals surface area contributed by atoms with Gasteiger partial charge >= 0.3 is 0 Å². The molecule has 0 aliphatic rings. The van der Waals surface area contributed by atoms with Gasteiger partial charge in [0.1, 0.15) is 0 Å². The molecule has 8 nitrogen and oxygen atoms in total. The van der Waals surface area contributed by atoms with Crippen molar-refractivity contribution in [2.24, 2.45) is 11.1 Å². The van der Waals surface area contributed by atoms with Crippen LogP contribution in [0.4, 0.5) is 0 Å². The Bertz CT molecular complexity index is 719. The molecule has 0 spiro atoms. The zero-order valence-electron chi connectivity index (χ0n) is 16.0. The summed E-state index contributed by atoms with van der Waals surface area (Å²) < 4.78 is 37.4. The second-order valence-corrected chi connectivity index (χ2v) is 8.55. The number of ether oxygens (including phenoxy) is 2. The molecule has 0 aromatic heterocycles. The lowest BCUT2D eigenvalue weighted by atomic mass is 9.93. The van der Waals surface area contributed by atoms with Gasteiger partial charge in [0.2, 0.25) is 15.9 Å². The molecule has 1 amide bonds. The van der Waals surface area contributed by atoms with Crippen molar-refractivity contribution in [2.45, 2.75) is 25.2 Å². The molecular weight excluding hydrogens is 358 g/mol. The Balaban J connectivity index is 2.68. The van der Waals surface area contributed by atoms with E-state index in [1.807, 2.05) is 13.8 Å². The summed E-state index contributed by atoms with van der Waals surface area (Å²) in [5.41, 5.74) is 5.48. The molecule has 0 bridgehead atoms. The maximum absolute atomic E-state index is 12.4. The van der Waals surface area contributed by atoms with Gasteiger partial charge in [-0.15, -0.1) is 0 Å². The molecular formula is C17H29N3O5S. The average Bonchev–Trinajstić information content (AvgIpc) is 2.60. The summed E-state index contributed by atoms with van der Waals surface area (Å²) >= 11 is 0. The standard InChI is InChI=1S/C17H29N3O5S/c1-17(2,11-18)12-20(3)16(21)8-9-19-26(22,23)13-6-7-14(24-4)15(10-13)25-5/h6-7,10,19H,8-9,11-12,18H2,1-5H3. The van der Waals surface area contributed by atoms with Crippen LogP contribution in [0, 0.1) is 5.41 Å². The van der Waals surface area contributed by atoms with Crippen molar-refractivity contribution in [3.63, 3.8) is 0 Å². The number of nitrogens with one attached hydrogen (secondary N) is 1. The number of benzene rings is 1. The number of hydrogen-bond acceptors (Lipinski definition) is 6. The number of carbonyl (C=O) groups is 1. The normalized spacial score (nSPS) is 11.9. The molecule has 0 aliphatic heterocycles. The van der Waals surface area contributed by atoms with Gasteiger partial charge in [-0.2, -0.15) is 0 Å². The van der Waals surface area contributed by atoms with E-state index in [1.54, 1.807) is 11.9 Å². The van der Waals surface area contributed by atoms with Crippen LogP contribution < -0.4 is 19.9 Å². The van der Waals surface area contributed by atoms with Crippen LogP contribution in [0.15, 0.2) is 23.1 Å². The molecule has 9 heteroatoms. The van der Waals surface area contributed by atoms with Gasteiger partial charge in [0.25, 0.3) is 0 Å². The van der Waals surface area contributed by atoms with Crippen LogP contribution in [0.2, 0.25) is 0 Å². The van der Waals surface area contributed by atoms with E-state index in [2.05, 4.69) is 4.72 Å². The molecule has 0 saturated carbocycles. The van der Waals surface area contributed by atoms with Crippen molar-refractivity contribution in [1.82, 2.24) is 9.62 Å². The molecule has 0 aliphatic carbocycles. The summed E-state index contributed by atoms with van der Waals surface area (Å²) in [5.74, 6) is 0.600. The lowest BCUT2D eigenvalue weighted by molar-refractivity contribution is -0.130. The van der Waals surface area contributed by atoms with Crippen LogP contribution in [0.1, 0.15) is 20.3 Å². The van der Waals surface area contributed by atoms with E-state index in [9.17, 15) is 13.2 Å². The molecule has 1 rings (SSSR count). The molecule has 0 radical (unpaired) electrons. The Hall–Kier alpha value is -1.84. The number of nitrogens with zero attached hydrogens (tertiary/aromatic N) is 1. The van der Waals surface area contributed by atoms with Gasteiger partial charge < -0.3 is 20.1 Å². The third-order valence-corrected chi connectivity index (χ3v) is 5.40. The molecule has 26 heavy (non-hydrogen) atoms. The first-order chi connectivity index (χ1) is 12.1. The smallest absolute Gasteiger partial charge is 0.240 e. The summed E-state index contributed by atoms with van der Waals surface area (Å²) in [6.45, 7) is 4.90. The minimum absolute atomic E-state index is 0.00288. The monoisotopic (exact) mass is 387 g/mol. The molecule has 0 unspecified atom stereocenters. The largest absolute Gasteiger partial charge is 0.493 e. The average molecular weight is 388 g/mol. The van der Waals surface area contributed by atoms with Gasteiger partial charge in [0.15, 0.2) is 11.5 Å². The number of sulfonamides is 1. The molecule has 0 heterocycles. The second kappa shape index (κ2) is 9.20. The summed E-state index contributed by atoms with van der Waals surface area (Å²) in [7, 11) is 0.828. The first kappa shape index (κ1) is 22.2. The Morgan fingerprint density at radius 1 is 1.23 bits per heavy atom. The van der Waals surface area contributed by atoms with Crippen LogP contribution >= 0.6 is 0 Å². The number of carbonyl (C=O) groups excluding carboxylic acids is 1. The third-order valence-electron chi connectivity index (χ3n) is 3.94. The third kappa shape index (κ3) is 6.15. The van der Waals surface area contributed by atoms with Crippen molar-refractivity contribution in [1.29, 1.82) is 0 Å². The highest BCUT2D eigenvalue weighted by Gasteiger charge is 2.22.